The van der Waals surface area contributed by atoms with E-state index in [2.05, 4.69) is 10.0 Å². The van der Waals surface area contributed by atoms with Crippen molar-refractivity contribution in [3.8, 4) is 5.75 Å². The van der Waals surface area contributed by atoms with Crippen LogP contribution in [0.1, 0.15) is 29.2 Å². The van der Waals surface area contributed by atoms with Gasteiger partial charge >= 0.3 is 0 Å². The van der Waals surface area contributed by atoms with E-state index in [9.17, 15) is 13.2 Å². The number of para-hydroxylation sites is 1. The van der Waals surface area contributed by atoms with Gasteiger partial charge in [0.1, 0.15) is 5.75 Å². The Hall–Kier alpha value is -3.32. The lowest BCUT2D eigenvalue weighted by atomic mass is 10.1. The molecule has 0 fully saturated rings. The number of anilines is 2. The second-order valence-electron chi connectivity index (χ2n) is 7.91. The number of carbonyl (C=O) groups is 1. The van der Waals surface area contributed by atoms with Crippen molar-refractivity contribution >= 4 is 27.3 Å². The number of hydrogen-bond acceptors (Lipinski definition) is 4. The molecule has 3 aromatic rings. The standard InChI is InChI=1S/C25H28N2O4S/c1-16-9-14-23(19(4)15-16)31-20(5)25(28)26-21-10-12-22(13-11-21)32(29,30)27-24-17(2)7-6-8-18(24)3/h6-15,20,27H,1-5H3,(H,26,28)/t20-/m0/s1. The molecule has 168 valence electrons. The van der Waals surface area contributed by atoms with Gasteiger partial charge in [0, 0.05) is 5.69 Å². The number of hydrogen-bond donors (Lipinski definition) is 2. The SMILES string of the molecule is Cc1ccc(O[C@@H](C)C(=O)Nc2ccc(S(=O)(=O)Nc3c(C)cccc3C)cc2)c(C)c1. The van der Waals surface area contributed by atoms with E-state index in [0.717, 1.165) is 22.3 Å². The zero-order chi connectivity index (χ0) is 23.5. The fourth-order valence-electron chi connectivity index (χ4n) is 3.31. The molecule has 6 nitrogen and oxygen atoms in total. The van der Waals surface area contributed by atoms with E-state index < -0.39 is 16.1 Å². The average Bonchev–Trinajstić information content (AvgIpc) is 2.73. The predicted molar refractivity (Wildman–Crippen MR) is 128 cm³/mol. The molecule has 0 bridgehead atoms. The Labute approximate surface area is 189 Å². The molecule has 0 aromatic heterocycles. The molecule has 0 spiro atoms. The van der Waals surface area contributed by atoms with Gasteiger partial charge < -0.3 is 10.1 Å². The van der Waals surface area contributed by atoms with Crippen molar-refractivity contribution in [2.45, 2.75) is 45.6 Å². The quantitative estimate of drug-likeness (QED) is 0.521. The fraction of sp³-hybridized carbons (Fsp3) is 0.240. The third kappa shape index (κ3) is 5.48. The van der Waals surface area contributed by atoms with Crippen LogP contribution in [0, 0.1) is 27.7 Å². The molecule has 32 heavy (non-hydrogen) atoms. The second-order valence-corrected chi connectivity index (χ2v) is 9.60. The van der Waals surface area contributed by atoms with E-state index in [-0.39, 0.29) is 10.8 Å². The van der Waals surface area contributed by atoms with Crippen LogP contribution in [-0.2, 0) is 14.8 Å². The summed E-state index contributed by atoms with van der Waals surface area (Å²) in [6.07, 6.45) is -0.717. The Balaban J connectivity index is 1.67. The van der Waals surface area contributed by atoms with Gasteiger partial charge in [-0.25, -0.2) is 8.42 Å². The Kier molecular flexibility index (Phi) is 6.89. The maximum atomic E-state index is 12.8. The number of rotatable bonds is 7. The highest BCUT2D eigenvalue weighted by molar-refractivity contribution is 7.92. The lowest BCUT2D eigenvalue weighted by molar-refractivity contribution is -0.122. The van der Waals surface area contributed by atoms with E-state index in [0.29, 0.717) is 17.1 Å². The highest BCUT2D eigenvalue weighted by Crippen LogP contribution is 2.24. The summed E-state index contributed by atoms with van der Waals surface area (Å²) >= 11 is 0. The molecule has 0 radical (unpaired) electrons. The van der Waals surface area contributed by atoms with Crippen LogP contribution < -0.4 is 14.8 Å². The van der Waals surface area contributed by atoms with Gasteiger partial charge in [-0.1, -0.05) is 35.9 Å². The molecule has 0 aliphatic heterocycles. The fourth-order valence-corrected chi connectivity index (χ4v) is 4.51. The molecule has 0 unspecified atom stereocenters. The molecule has 7 heteroatoms. The van der Waals surface area contributed by atoms with Gasteiger partial charge in [-0.3, -0.25) is 9.52 Å². The van der Waals surface area contributed by atoms with Crippen LogP contribution in [0.3, 0.4) is 0 Å². The minimum atomic E-state index is -3.76. The first-order valence-corrected chi connectivity index (χ1v) is 11.8. The number of ether oxygens (including phenoxy) is 1. The van der Waals surface area contributed by atoms with Crippen molar-refractivity contribution in [2.24, 2.45) is 0 Å². The largest absolute Gasteiger partial charge is 0.481 e. The molecule has 0 aliphatic rings. The minimum Gasteiger partial charge on any atom is -0.481 e. The summed E-state index contributed by atoms with van der Waals surface area (Å²) in [5.41, 5.74) is 4.81. The summed E-state index contributed by atoms with van der Waals surface area (Å²) < 4.78 is 34.0. The van der Waals surface area contributed by atoms with E-state index >= 15 is 0 Å². The van der Waals surface area contributed by atoms with Crippen LogP contribution in [0.15, 0.2) is 65.6 Å². The van der Waals surface area contributed by atoms with Crippen LogP contribution in [0.25, 0.3) is 0 Å². The van der Waals surface area contributed by atoms with Crippen LogP contribution in [-0.4, -0.2) is 20.4 Å². The molecular formula is C25H28N2O4S. The first kappa shape index (κ1) is 23.3. The van der Waals surface area contributed by atoms with Crippen molar-refractivity contribution in [2.75, 3.05) is 10.0 Å². The minimum absolute atomic E-state index is 0.109. The summed E-state index contributed by atoms with van der Waals surface area (Å²) in [5, 5.41) is 2.76. The van der Waals surface area contributed by atoms with Crippen LogP contribution in [0.4, 0.5) is 11.4 Å². The molecule has 0 saturated heterocycles. The summed E-state index contributed by atoms with van der Waals surface area (Å²) in [4.78, 5) is 12.6. The smallest absolute Gasteiger partial charge is 0.265 e. The highest BCUT2D eigenvalue weighted by Gasteiger charge is 2.18. The molecule has 0 heterocycles. The summed E-state index contributed by atoms with van der Waals surface area (Å²) in [7, 11) is -3.76. The van der Waals surface area contributed by atoms with Gasteiger partial charge in [-0.15, -0.1) is 0 Å². The third-order valence-electron chi connectivity index (χ3n) is 5.15. The number of sulfonamides is 1. The first-order chi connectivity index (χ1) is 15.1. The van der Waals surface area contributed by atoms with Gasteiger partial charge in [0.05, 0.1) is 10.6 Å². The topological polar surface area (TPSA) is 84.5 Å². The first-order valence-electron chi connectivity index (χ1n) is 10.3. The van der Waals surface area contributed by atoms with Crippen LogP contribution in [0.2, 0.25) is 0 Å². The Bertz CT molecular complexity index is 1220. The molecule has 3 rings (SSSR count). The molecular weight excluding hydrogens is 424 g/mol. The maximum Gasteiger partial charge on any atom is 0.265 e. The van der Waals surface area contributed by atoms with E-state index in [1.54, 1.807) is 19.1 Å². The normalized spacial score (nSPS) is 12.2. The third-order valence-corrected chi connectivity index (χ3v) is 6.52. The van der Waals surface area contributed by atoms with Crippen molar-refractivity contribution in [1.29, 1.82) is 0 Å². The zero-order valence-corrected chi connectivity index (χ0v) is 19.7. The summed E-state index contributed by atoms with van der Waals surface area (Å²) in [6.45, 7) is 9.30. The molecule has 3 aromatic carbocycles. The Morgan fingerprint density at radius 1 is 0.875 bits per heavy atom. The van der Waals surface area contributed by atoms with Gasteiger partial charge in [0.15, 0.2) is 6.10 Å². The number of benzene rings is 3. The van der Waals surface area contributed by atoms with E-state index in [1.165, 1.54) is 12.1 Å². The second kappa shape index (κ2) is 9.44. The number of aryl methyl sites for hydroxylation is 4. The van der Waals surface area contributed by atoms with Crippen molar-refractivity contribution in [3.05, 3.63) is 82.9 Å². The average molecular weight is 453 g/mol. The van der Waals surface area contributed by atoms with Gasteiger partial charge in [0.25, 0.3) is 15.9 Å². The molecule has 1 atom stereocenters. The van der Waals surface area contributed by atoms with Crippen LogP contribution in [0.5, 0.6) is 5.75 Å². The van der Waals surface area contributed by atoms with E-state index in [4.69, 9.17) is 4.74 Å². The van der Waals surface area contributed by atoms with Crippen molar-refractivity contribution in [1.82, 2.24) is 0 Å². The number of carbonyl (C=O) groups excluding carboxylic acids is 1. The molecule has 0 saturated carbocycles. The molecule has 0 aliphatic carbocycles. The summed E-state index contributed by atoms with van der Waals surface area (Å²) in [5.74, 6) is 0.325. The predicted octanol–water partition coefficient (Wildman–Crippen LogP) is 5.13. The van der Waals surface area contributed by atoms with Gasteiger partial charge in [-0.2, -0.15) is 0 Å². The van der Waals surface area contributed by atoms with Crippen molar-refractivity contribution < 1.29 is 17.9 Å². The summed E-state index contributed by atoms with van der Waals surface area (Å²) in [6, 6.07) is 17.4. The van der Waals surface area contributed by atoms with Crippen LogP contribution >= 0.6 is 0 Å². The Morgan fingerprint density at radius 3 is 2.09 bits per heavy atom. The molecule has 2 N–H and O–H groups in total. The van der Waals surface area contributed by atoms with Gasteiger partial charge in [0.2, 0.25) is 0 Å². The number of amides is 1. The number of nitrogens with one attached hydrogen (secondary N) is 2. The highest BCUT2D eigenvalue weighted by atomic mass is 32.2. The van der Waals surface area contributed by atoms with E-state index in [1.807, 2.05) is 64.1 Å². The van der Waals surface area contributed by atoms with Gasteiger partial charge in [-0.05, 0) is 81.6 Å². The monoisotopic (exact) mass is 452 g/mol. The Morgan fingerprint density at radius 2 is 1.50 bits per heavy atom. The maximum absolute atomic E-state index is 12.8. The lowest BCUT2D eigenvalue weighted by Crippen LogP contribution is -2.30. The zero-order valence-electron chi connectivity index (χ0n) is 18.9. The van der Waals surface area contributed by atoms with Crippen molar-refractivity contribution in [3.63, 3.8) is 0 Å². The lowest BCUT2D eigenvalue weighted by Gasteiger charge is -2.17. The molecule has 1 amide bonds.